The fraction of sp³-hybridized carbons (Fsp3) is 0.875. The van der Waals surface area contributed by atoms with Crippen LogP contribution in [0.15, 0.2) is 11.5 Å². The Morgan fingerprint density at radius 3 is 1.44 bits per heavy atom. The van der Waals surface area contributed by atoms with E-state index in [1.54, 1.807) is 0 Å². The molecule has 1 heterocycles. The highest BCUT2D eigenvalue weighted by atomic mass is 16.7. The Morgan fingerprint density at radius 1 is 0.722 bits per heavy atom. The average molecular weight is 252 g/mol. The van der Waals surface area contributed by atoms with Crippen LogP contribution in [0.25, 0.3) is 0 Å². The Kier molecular flexibility index (Phi) is 3.19. The Morgan fingerprint density at radius 2 is 1.11 bits per heavy atom. The maximum absolute atomic E-state index is 6.35. The first kappa shape index (κ1) is 13.8. The second kappa shape index (κ2) is 4.18. The van der Waals surface area contributed by atoms with Gasteiger partial charge in [0.25, 0.3) is 5.79 Å². The fourth-order valence-corrected chi connectivity index (χ4v) is 2.77. The Balaban J connectivity index is 2.31. The van der Waals surface area contributed by atoms with Crippen molar-refractivity contribution < 1.29 is 9.47 Å². The number of ether oxygens (including phenoxy) is 2. The lowest BCUT2D eigenvalue weighted by Gasteiger charge is -2.34. The van der Waals surface area contributed by atoms with Crippen molar-refractivity contribution in [1.82, 2.24) is 0 Å². The number of allylic oxidation sites excluding steroid dienone is 2. The van der Waals surface area contributed by atoms with E-state index in [1.807, 2.05) is 0 Å². The Hall–Kier alpha value is -0.660. The van der Waals surface area contributed by atoms with Crippen LogP contribution in [0.2, 0.25) is 0 Å². The van der Waals surface area contributed by atoms with E-state index >= 15 is 0 Å². The second-order valence-corrected chi connectivity index (χ2v) is 7.83. The predicted molar refractivity (Wildman–Crippen MR) is 73.9 cm³/mol. The molecule has 0 aromatic heterocycles. The molecular weight excluding hydrogens is 224 g/mol. The first-order chi connectivity index (χ1) is 8.14. The van der Waals surface area contributed by atoms with Crippen LogP contribution in [0.5, 0.6) is 0 Å². The quantitative estimate of drug-likeness (QED) is 0.604. The van der Waals surface area contributed by atoms with E-state index in [1.165, 1.54) is 19.3 Å². The summed E-state index contributed by atoms with van der Waals surface area (Å²) in [5, 5.41) is 0. The number of hydrogen-bond donors (Lipinski definition) is 0. The van der Waals surface area contributed by atoms with Crippen LogP contribution < -0.4 is 0 Å². The molecule has 0 amide bonds. The van der Waals surface area contributed by atoms with E-state index in [9.17, 15) is 0 Å². The van der Waals surface area contributed by atoms with Crippen LogP contribution in [0, 0.1) is 10.8 Å². The van der Waals surface area contributed by atoms with Gasteiger partial charge in [-0.05, 0) is 12.8 Å². The van der Waals surface area contributed by atoms with Crippen molar-refractivity contribution in [1.29, 1.82) is 0 Å². The van der Waals surface area contributed by atoms with Crippen LogP contribution >= 0.6 is 0 Å². The highest BCUT2D eigenvalue weighted by Crippen LogP contribution is 2.50. The molecule has 1 fully saturated rings. The molecule has 1 saturated carbocycles. The van der Waals surface area contributed by atoms with E-state index in [0.29, 0.717) is 0 Å². The van der Waals surface area contributed by atoms with Gasteiger partial charge in [0, 0.05) is 23.7 Å². The molecule has 0 aromatic carbocycles. The monoisotopic (exact) mass is 252 g/mol. The topological polar surface area (TPSA) is 18.5 Å². The third-order valence-corrected chi connectivity index (χ3v) is 3.76. The highest BCUT2D eigenvalue weighted by molar-refractivity contribution is 5.20. The van der Waals surface area contributed by atoms with Gasteiger partial charge >= 0.3 is 0 Å². The van der Waals surface area contributed by atoms with Gasteiger partial charge in [0.2, 0.25) is 0 Å². The molecule has 0 aromatic rings. The van der Waals surface area contributed by atoms with Crippen molar-refractivity contribution in [2.75, 3.05) is 0 Å². The van der Waals surface area contributed by atoms with E-state index in [4.69, 9.17) is 9.47 Å². The van der Waals surface area contributed by atoms with Crippen molar-refractivity contribution in [2.45, 2.75) is 79.4 Å². The highest BCUT2D eigenvalue weighted by Gasteiger charge is 2.49. The van der Waals surface area contributed by atoms with E-state index in [2.05, 4.69) is 41.5 Å². The van der Waals surface area contributed by atoms with Crippen LogP contribution in [0.3, 0.4) is 0 Å². The normalized spacial score (nSPS) is 24.1. The van der Waals surface area contributed by atoms with E-state index in [0.717, 1.165) is 24.4 Å². The van der Waals surface area contributed by atoms with Gasteiger partial charge in [-0.1, -0.05) is 48.0 Å². The molecule has 18 heavy (non-hydrogen) atoms. The molecule has 0 atom stereocenters. The van der Waals surface area contributed by atoms with Crippen molar-refractivity contribution in [3.05, 3.63) is 11.5 Å². The number of rotatable bonds is 0. The Labute approximate surface area is 112 Å². The molecule has 2 aliphatic rings. The molecule has 1 aliphatic carbocycles. The molecular formula is C16H28O2. The minimum absolute atomic E-state index is 0.0174. The van der Waals surface area contributed by atoms with Gasteiger partial charge in [-0.2, -0.15) is 0 Å². The minimum atomic E-state index is -0.344. The first-order valence-corrected chi connectivity index (χ1v) is 7.27. The van der Waals surface area contributed by atoms with E-state index in [-0.39, 0.29) is 16.6 Å². The summed E-state index contributed by atoms with van der Waals surface area (Å²) in [6.45, 7) is 13.2. The third-order valence-electron chi connectivity index (χ3n) is 3.76. The zero-order valence-electron chi connectivity index (χ0n) is 12.9. The fourth-order valence-electron chi connectivity index (χ4n) is 2.77. The molecule has 0 unspecified atom stereocenters. The molecule has 0 N–H and O–H groups in total. The summed E-state index contributed by atoms with van der Waals surface area (Å²) in [6.07, 6.45) is 5.81. The molecule has 0 radical (unpaired) electrons. The lowest BCUT2D eigenvalue weighted by Crippen LogP contribution is -2.34. The van der Waals surface area contributed by atoms with Crippen LogP contribution in [0.4, 0.5) is 0 Å². The average Bonchev–Trinajstić information content (AvgIpc) is 2.58. The molecule has 0 bridgehead atoms. The number of hydrogen-bond acceptors (Lipinski definition) is 2. The van der Waals surface area contributed by atoms with Gasteiger partial charge in [-0.3, -0.25) is 0 Å². The molecule has 2 rings (SSSR count). The van der Waals surface area contributed by atoms with Crippen molar-refractivity contribution in [2.24, 2.45) is 10.8 Å². The van der Waals surface area contributed by atoms with E-state index < -0.39 is 0 Å². The minimum Gasteiger partial charge on any atom is -0.453 e. The third kappa shape index (κ3) is 2.53. The summed E-state index contributed by atoms with van der Waals surface area (Å²) in [5.74, 6) is 1.79. The second-order valence-electron chi connectivity index (χ2n) is 7.83. The molecule has 1 spiro atoms. The largest absolute Gasteiger partial charge is 0.453 e. The van der Waals surface area contributed by atoms with Crippen molar-refractivity contribution in [3.63, 3.8) is 0 Å². The van der Waals surface area contributed by atoms with Crippen LogP contribution in [-0.2, 0) is 9.47 Å². The first-order valence-electron chi connectivity index (χ1n) is 7.27. The van der Waals surface area contributed by atoms with Gasteiger partial charge in [0.05, 0.1) is 0 Å². The summed E-state index contributed by atoms with van der Waals surface area (Å²) in [4.78, 5) is 0. The summed E-state index contributed by atoms with van der Waals surface area (Å²) >= 11 is 0. The lowest BCUT2D eigenvalue weighted by molar-refractivity contribution is -0.183. The van der Waals surface area contributed by atoms with Crippen LogP contribution in [-0.4, -0.2) is 5.79 Å². The smallest absolute Gasteiger partial charge is 0.250 e. The zero-order valence-corrected chi connectivity index (χ0v) is 12.9. The summed E-state index contributed by atoms with van der Waals surface area (Å²) in [7, 11) is 0. The Bertz CT molecular complexity index is 318. The molecule has 0 saturated heterocycles. The molecule has 1 aliphatic heterocycles. The predicted octanol–water partition coefficient (Wildman–Crippen LogP) is 5.00. The van der Waals surface area contributed by atoms with Gasteiger partial charge in [-0.25, -0.2) is 0 Å². The standard InChI is InChI=1S/C16H28O2/c1-14(2,3)12-13(15(4,5)6)18-16(17-12)10-8-7-9-11-16/h7-11H2,1-6H3. The molecule has 2 heteroatoms. The van der Waals surface area contributed by atoms with Crippen molar-refractivity contribution >= 4 is 0 Å². The summed E-state index contributed by atoms with van der Waals surface area (Å²) < 4.78 is 12.7. The lowest BCUT2D eigenvalue weighted by atomic mass is 9.85. The maximum atomic E-state index is 6.35. The van der Waals surface area contributed by atoms with Gasteiger partial charge < -0.3 is 9.47 Å². The van der Waals surface area contributed by atoms with Crippen molar-refractivity contribution in [3.8, 4) is 0 Å². The zero-order chi connectivity index (χ0) is 13.6. The van der Waals surface area contributed by atoms with Crippen LogP contribution in [0.1, 0.15) is 73.6 Å². The van der Waals surface area contributed by atoms with Gasteiger partial charge in [0.1, 0.15) is 11.5 Å². The molecule has 2 nitrogen and oxygen atoms in total. The summed E-state index contributed by atoms with van der Waals surface area (Å²) in [6, 6.07) is 0. The van der Waals surface area contributed by atoms with Gasteiger partial charge in [-0.15, -0.1) is 0 Å². The summed E-state index contributed by atoms with van der Waals surface area (Å²) in [5.41, 5.74) is 0.0348. The SMILES string of the molecule is CC(C)(C)C1=C(C(C)(C)C)OC2(CCCCC2)O1. The maximum Gasteiger partial charge on any atom is 0.250 e. The van der Waals surface area contributed by atoms with Gasteiger partial charge in [0.15, 0.2) is 0 Å². The molecule has 104 valence electrons.